The Morgan fingerprint density at radius 2 is 1.87 bits per heavy atom. The molecule has 1 aliphatic heterocycles. The highest BCUT2D eigenvalue weighted by atomic mass is 16.6. The Bertz CT molecular complexity index is 942. The van der Waals surface area contributed by atoms with Gasteiger partial charge in [0.1, 0.15) is 0 Å². The van der Waals surface area contributed by atoms with Crippen LogP contribution in [-0.4, -0.2) is 22.7 Å². The van der Waals surface area contributed by atoms with Crippen LogP contribution in [0.4, 0.5) is 4.79 Å². The Morgan fingerprint density at radius 1 is 1.09 bits per heavy atom. The number of benzene rings is 2. The Hall–Kier alpha value is -2.82. The van der Waals surface area contributed by atoms with E-state index in [2.05, 4.69) is 41.1 Å². The van der Waals surface area contributed by atoms with E-state index in [1.165, 1.54) is 16.4 Å². The summed E-state index contributed by atoms with van der Waals surface area (Å²) in [4.78, 5) is 22.8. The van der Waals surface area contributed by atoms with E-state index in [1.54, 1.807) is 0 Å². The van der Waals surface area contributed by atoms with Crippen LogP contribution in [0.3, 0.4) is 0 Å². The lowest BCUT2D eigenvalue weighted by atomic mass is 10.0. The summed E-state index contributed by atoms with van der Waals surface area (Å²) in [6, 6.07) is 14.4. The van der Waals surface area contributed by atoms with Crippen LogP contribution in [0.15, 0.2) is 42.5 Å². The van der Waals surface area contributed by atoms with Crippen molar-refractivity contribution in [3.05, 3.63) is 48.0 Å². The fraction of sp³-hybridized carbons (Fsp3) is 0.222. The number of cyclic esters (lactones) is 1. The predicted molar refractivity (Wildman–Crippen MR) is 87.2 cm³/mol. The number of rotatable bonds is 3. The average molecular weight is 308 g/mol. The number of hydrogen-bond donors (Lipinski definition) is 1. The van der Waals surface area contributed by atoms with Gasteiger partial charge in [0.15, 0.2) is 6.10 Å². The van der Waals surface area contributed by atoms with Crippen LogP contribution in [-0.2, 0) is 22.5 Å². The monoisotopic (exact) mass is 308 g/mol. The number of nitrogens with one attached hydrogen (secondary N) is 1. The van der Waals surface area contributed by atoms with Crippen LogP contribution in [0.2, 0.25) is 0 Å². The molecule has 0 spiro atoms. The molecule has 1 fully saturated rings. The van der Waals surface area contributed by atoms with E-state index in [1.807, 2.05) is 18.2 Å². The summed E-state index contributed by atoms with van der Waals surface area (Å²) < 4.78 is 7.27. The van der Waals surface area contributed by atoms with Gasteiger partial charge >= 0.3 is 6.09 Å². The zero-order chi connectivity index (χ0) is 16.0. The van der Waals surface area contributed by atoms with Gasteiger partial charge in [-0.1, -0.05) is 24.3 Å². The van der Waals surface area contributed by atoms with Gasteiger partial charge in [0.25, 0.3) is 5.91 Å². The van der Waals surface area contributed by atoms with Crippen molar-refractivity contribution < 1.29 is 14.3 Å². The molecule has 116 valence electrons. The SMILES string of the molecule is CCn1c2ccccc2c2cc(CC3OC(=O)NC3=O)ccc21. The lowest BCUT2D eigenvalue weighted by Crippen LogP contribution is -2.25. The Kier molecular flexibility index (Phi) is 3.08. The van der Waals surface area contributed by atoms with Crippen molar-refractivity contribution in [2.45, 2.75) is 26.0 Å². The highest BCUT2D eigenvalue weighted by Gasteiger charge is 2.32. The number of carbonyl (C=O) groups is 2. The molecule has 0 radical (unpaired) electrons. The van der Waals surface area contributed by atoms with Crippen molar-refractivity contribution in [1.29, 1.82) is 0 Å². The molecule has 1 saturated heterocycles. The van der Waals surface area contributed by atoms with Gasteiger partial charge < -0.3 is 9.30 Å². The fourth-order valence-corrected chi connectivity index (χ4v) is 3.31. The van der Waals surface area contributed by atoms with Gasteiger partial charge in [-0.3, -0.25) is 10.1 Å². The highest BCUT2D eigenvalue weighted by Crippen LogP contribution is 2.30. The van der Waals surface area contributed by atoms with Crippen molar-refractivity contribution in [2.75, 3.05) is 0 Å². The maximum Gasteiger partial charge on any atom is 0.414 e. The molecule has 1 aliphatic rings. The molecule has 0 saturated carbocycles. The summed E-state index contributed by atoms with van der Waals surface area (Å²) in [5.74, 6) is -0.369. The standard InChI is InChI=1S/C18H16N2O3/c1-2-20-14-6-4-3-5-12(14)13-9-11(7-8-15(13)20)10-16-17(21)19-18(22)23-16/h3-9,16H,2,10H2,1H3,(H,19,21,22). The zero-order valence-corrected chi connectivity index (χ0v) is 12.7. The van der Waals surface area contributed by atoms with E-state index < -0.39 is 12.2 Å². The quantitative estimate of drug-likeness (QED) is 0.809. The van der Waals surface area contributed by atoms with Gasteiger partial charge in [-0.05, 0) is 30.7 Å². The topological polar surface area (TPSA) is 60.3 Å². The van der Waals surface area contributed by atoms with Gasteiger partial charge in [-0.2, -0.15) is 0 Å². The summed E-state index contributed by atoms with van der Waals surface area (Å²) in [6.45, 7) is 3.02. The molecule has 0 bridgehead atoms. The van der Waals surface area contributed by atoms with E-state index in [0.717, 1.165) is 17.5 Å². The first-order chi connectivity index (χ1) is 11.2. The minimum atomic E-state index is -0.737. The summed E-state index contributed by atoms with van der Waals surface area (Å²) in [5, 5.41) is 4.51. The number of aromatic nitrogens is 1. The molecule has 1 aromatic heterocycles. The third-order valence-corrected chi connectivity index (χ3v) is 4.34. The van der Waals surface area contributed by atoms with Gasteiger partial charge in [0, 0.05) is 34.8 Å². The molecule has 23 heavy (non-hydrogen) atoms. The normalized spacial score (nSPS) is 17.7. The summed E-state index contributed by atoms with van der Waals surface area (Å²) in [7, 11) is 0. The van der Waals surface area contributed by atoms with Crippen molar-refractivity contribution in [3.8, 4) is 0 Å². The number of para-hydroxylation sites is 1. The number of nitrogens with zero attached hydrogens (tertiary/aromatic N) is 1. The molecule has 2 aromatic carbocycles. The molecule has 1 atom stereocenters. The molecule has 0 aliphatic carbocycles. The van der Waals surface area contributed by atoms with Crippen LogP contribution in [0.25, 0.3) is 21.8 Å². The maximum atomic E-state index is 11.7. The zero-order valence-electron chi connectivity index (χ0n) is 12.7. The minimum Gasteiger partial charge on any atom is -0.435 e. The second-order valence-corrected chi connectivity index (χ2v) is 5.70. The molecule has 5 heteroatoms. The smallest absolute Gasteiger partial charge is 0.414 e. The van der Waals surface area contributed by atoms with Crippen molar-refractivity contribution in [2.24, 2.45) is 0 Å². The second-order valence-electron chi connectivity index (χ2n) is 5.70. The van der Waals surface area contributed by atoms with Crippen LogP contribution >= 0.6 is 0 Å². The highest BCUT2D eigenvalue weighted by molar-refractivity contribution is 6.08. The number of fused-ring (bicyclic) bond motifs is 3. The van der Waals surface area contributed by atoms with E-state index >= 15 is 0 Å². The van der Waals surface area contributed by atoms with Crippen LogP contribution in [0, 0.1) is 0 Å². The lowest BCUT2D eigenvalue weighted by molar-refractivity contribution is -0.123. The largest absolute Gasteiger partial charge is 0.435 e. The van der Waals surface area contributed by atoms with Gasteiger partial charge in [0.05, 0.1) is 0 Å². The molecular formula is C18H16N2O3. The number of carbonyl (C=O) groups excluding carboxylic acids is 2. The van der Waals surface area contributed by atoms with Crippen LogP contribution in [0.1, 0.15) is 12.5 Å². The predicted octanol–water partition coefficient (Wildman–Crippen LogP) is 2.99. The first kappa shape index (κ1) is 13.8. The van der Waals surface area contributed by atoms with E-state index in [4.69, 9.17) is 4.74 Å². The number of hydrogen-bond acceptors (Lipinski definition) is 3. The number of amides is 2. The second kappa shape index (κ2) is 5.12. The molecule has 2 amide bonds. The maximum absolute atomic E-state index is 11.7. The average Bonchev–Trinajstić information content (AvgIpc) is 3.04. The van der Waals surface area contributed by atoms with Crippen LogP contribution in [0.5, 0.6) is 0 Å². The molecule has 5 nitrogen and oxygen atoms in total. The van der Waals surface area contributed by atoms with E-state index in [0.29, 0.717) is 6.42 Å². The Labute approximate surface area is 132 Å². The number of ether oxygens (including phenoxy) is 1. The first-order valence-corrected chi connectivity index (χ1v) is 7.68. The Balaban J connectivity index is 1.80. The Morgan fingerprint density at radius 3 is 2.61 bits per heavy atom. The van der Waals surface area contributed by atoms with Crippen molar-refractivity contribution in [3.63, 3.8) is 0 Å². The molecule has 1 N–H and O–H groups in total. The number of alkyl carbamates (subject to hydrolysis) is 1. The first-order valence-electron chi connectivity index (χ1n) is 7.68. The van der Waals surface area contributed by atoms with Gasteiger partial charge in [0.2, 0.25) is 0 Å². The molecular weight excluding hydrogens is 292 g/mol. The summed E-state index contributed by atoms with van der Waals surface area (Å²) in [6.07, 6.45) is -1.01. The fourth-order valence-electron chi connectivity index (χ4n) is 3.31. The lowest BCUT2D eigenvalue weighted by Gasteiger charge is -2.07. The number of aryl methyl sites for hydroxylation is 1. The number of imide groups is 1. The van der Waals surface area contributed by atoms with Crippen molar-refractivity contribution >= 4 is 33.8 Å². The van der Waals surface area contributed by atoms with Gasteiger partial charge in [-0.25, -0.2) is 4.79 Å². The molecule has 4 rings (SSSR count). The van der Waals surface area contributed by atoms with E-state index in [-0.39, 0.29) is 5.91 Å². The van der Waals surface area contributed by atoms with E-state index in [9.17, 15) is 9.59 Å². The third-order valence-electron chi connectivity index (χ3n) is 4.34. The third kappa shape index (κ3) is 2.16. The van der Waals surface area contributed by atoms with Crippen molar-refractivity contribution in [1.82, 2.24) is 9.88 Å². The molecule has 1 unspecified atom stereocenters. The summed E-state index contributed by atoms with van der Waals surface area (Å²) in [5.41, 5.74) is 3.35. The summed E-state index contributed by atoms with van der Waals surface area (Å²) >= 11 is 0. The molecule has 2 heterocycles. The van der Waals surface area contributed by atoms with Crippen LogP contribution < -0.4 is 5.32 Å². The van der Waals surface area contributed by atoms with Gasteiger partial charge in [-0.15, -0.1) is 0 Å². The molecule has 3 aromatic rings. The minimum absolute atomic E-state index is 0.369.